The zero-order valence-electron chi connectivity index (χ0n) is 14.1. The van der Waals surface area contributed by atoms with Crippen LogP contribution in [0.1, 0.15) is 43.2 Å². The number of carbonyl (C=O) groups excluding carboxylic acids is 1. The lowest BCUT2D eigenvalue weighted by Gasteiger charge is -2.23. The van der Waals surface area contributed by atoms with E-state index >= 15 is 0 Å². The zero-order valence-corrected chi connectivity index (χ0v) is 15.8. The lowest BCUT2D eigenvalue weighted by molar-refractivity contribution is -0.123. The zero-order chi connectivity index (χ0) is 15.2. The average molecular weight is 374 g/mol. The quantitative estimate of drug-likeness (QED) is 0.833. The molecule has 136 valence electrons. The third-order valence-electron chi connectivity index (χ3n) is 4.79. The first-order valence-corrected chi connectivity index (χ1v) is 8.63. The van der Waals surface area contributed by atoms with Gasteiger partial charge in [-0.1, -0.05) is 30.7 Å². The first-order chi connectivity index (χ1) is 10.8. The highest BCUT2D eigenvalue weighted by atomic mass is 35.5. The second-order valence-corrected chi connectivity index (χ2v) is 6.47. The third-order valence-corrected chi connectivity index (χ3v) is 4.79. The van der Waals surface area contributed by atoms with Crippen LogP contribution in [-0.4, -0.2) is 36.5 Å². The predicted molar refractivity (Wildman–Crippen MR) is 103 cm³/mol. The Morgan fingerprint density at radius 3 is 2.46 bits per heavy atom. The van der Waals surface area contributed by atoms with Gasteiger partial charge in [0.15, 0.2) is 0 Å². The summed E-state index contributed by atoms with van der Waals surface area (Å²) in [5.74, 6) is 0.149. The molecule has 1 aromatic carbocycles. The Hall–Kier alpha value is -0.810. The van der Waals surface area contributed by atoms with Crippen molar-refractivity contribution in [3.63, 3.8) is 0 Å². The Balaban J connectivity index is 0.00000144. The minimum Gasteiger partial charge on any atom is -0.351 e. The van der Waals surface area contributed by atoms with E-state index in [0.717, 1.165) is 25.9 Å². The number of hydrogen-bond acceptors (Lipinski definition) is 3. The van der Waals surface area contributed by atoms with Gasteiger partial charge in [0.25, 0.3) is 0 Å². The number of amides is 1. The van der Waals surface area contributed by atoms with Crippen LogP contribution in [0.15, 0.2) is 24.3 Å². The largest absolute Gasteiger partial charge is 0.351 e. The van der Waals surface area contributed by atoms with E-state index in [1.54, 1.807) is 0 Å². The Kier molecular flexibility index (Phi) is 9.67. The Labute approximate surface area is 157 Å². The molecule has 2 heterocycles. The van der Waals surface area contributed by atoms with Crippen LogP contribution in [0.2, 0.25) is 0 Å². The molecule has 1 aromatic rings. The maximum atomic E-state index is 12.2. The van der Waals surface area contributed by atoms with Crippen molar-refractivity contribution in [3.05, 3.63) is 35.4 Å². The van der Waals surface area contributed by atoms with Gasteiger partial charge in [0.2, 0.25) is 5.91 Å². The summed E-state index contributed by atoms with van der Waals surface area (Å²) in [4.78, 5) is 14.7. The topological polar surface area (TPSA) is 44.4 Å². The fourth-order valence-corrected chi connectivity index (χ4v) is 3.45. The predicted octanol–water partition coefficient (Wildman–Crippen LogP) is 2.88. The van der Waals surface area contributed by atoms with E-state index in [0.29, 0.717) is 6.54 Å². The van der Waals surface area contributed by atoms with E-state index < -0.39 is 0 Å². The monoisotopic (exact) mass is 373 g/mol. The van der Waals surface area contributed by atoms with Crippen LogP contribution in [-0.2, 0) is 17.9 Å². The van der Waals surface area contributed by atoms with Crippen LogP contribution in [0, 0.1) is 0 Å². The van der Waals surface area contributed by atoms with Crippen LogP contribution in [0.25, 0.3) is 0 Å². The molecule has 0 saturated carbocycles. The van der Waals surface area contributed by atoms with Crippen molar-refractivity contribution < 1.29 is 4.79 Å². The van der Waals surface area contributed by atoms with E-state index in [-0.39, 0.29) is 36.8 Å². The van der Waals surface area contributed by atoms with Crippen LogP contribution in [0.3, 0.4) is 0 Å². The molecular formula is C18H29Cl2N3O. The first kappa shape index (κ1) is 21.2. The number of likely N-dealkylation sites (tertiary alicyclic amines) is 1. The summed E-state index contributed by atoms with van der Waals surface area (Å²) in [5.41, 5.74) is 2.60. The van der Waals surface area contributed by atoms with Crippen molar-refractivity contribution in [1.29, 1.82) is 0 Å². The second-order valence-electron chi connectivity index (χ2n) is 6.47. The highest BCUT2D eigenvalue weighted by molar-refractivity contribution is 5.85. The normalized spacial score (nSPS) is 20.8. The van der Waals surface area contributed by atoms with Crippen molar-refractivity contribution in [1.82, 2.24) is 15.5 Å². The molecule has 2 saturated heterocycles. The molecule has 1 atom stereocenters. The van der Waals surface area contributed by atoms with Crippen LogP contribution < -0.4 is 10.6 Å². The lowest BCUT2D eigenvalue weighted by atomic mass is 10.0. The molecule has 0 bridgehead atoms. The van der Waals surface area contributed by atoms with Gasteiger partial charge in [0.05, 0.1) is 6.04 Å². The average Bonchev–Trinajstić information content (AvgIpc) is 3.07. The van der Waals surface area contributed by atoms with Crippen molar-refractivity contribution in [2.45, 2.75) is 51.2 Å². The third kappa shape index (κ3) is 5.92. The van der Waals surface area contributed by atoms with Crippen LogP contribution in [0.4, 0.5) is 0 Å². The smallest absolute Gasteiger partial charge is 0.237 e. The number of nitrogens with zero attached hydrogens (tertiary/aromatic N) is 1. The van der Waals surface area contributed by atoms with Crippen molar-refractivity contribution in [3.8, 4) is 0 Å². The second kappa shape index (κ2) is 10.9. The molecule has 6 heteroatoms. The Morgan fingerprint density at radius 1 is 1.08 bits per heavy atom. The van der Waals surface area contributed by atoms with Gasteiger partial charge in [-0.3, -0.25) is 9.69 Å². The fraction of sp³-hybridized carbons (Fsp3) is 0.611. The fourth-order valence-electron chi connectivity index (χ4n) is 3.45. The van der Waals surface area contributed by atoms with Gasteiger partial charge in [0.1, 0.15) is 0 Å². The molecule has 0 spiro atoms. The molecule has 3 rings (SSSR count). The SMILES string of the molecule is Cl.Cl.O=C(NCc1ccccc1CN1CCCC1)C1CCCCN1. The minimum atomic E-state index is -0.000468. The molecular weight excluding hydrogens is 345 g/mol. The van der Waals surface area contributed by atoms with Gasteiger partial charge in [-0.05, 0) is 56.4 Å². The molecule has 1 amide bonds. The van der Waals surface area contributed by atoms with Crippen LogP contribution in [0.5, 0.6) is 0 Å². The van der Waals surface area contributed by atoms with Gasteiger partial charge in [0, 0.05) is 13.1 Å². The first-order valence-electron chi connectivity index (χ1n) is 8.63. The molecule has 24 heavy (non-hydrogen) atoms. The van der Waals surface area contributed by atoms with Gasteiger partial charge in [-0.25, -0.2) is 0 Å². The molecule has 2 N–H and O–H groups in total. The summed E-state index contributed by atoms with van der Waals surface area (Å²) >= 11 is 0. The van der Waals surface area contributed by atoms with E-state index in [2.05, 4.69) is 39.8 Å². The molecule has 0 aliphatic carbocycles. The van der Waals surface area contributed by atoms with Crippen molar-refractivity contribution in [2.24, 2.45) is 0 Å². The number of nitrogens with one attached hydrogen (secondary N) is 2. The number of halogens is 2. The van der Waals surface area contributed by atoms with Gasteiger partial charge in [-0.2, -0.15) is 0 Å². The number of rotatable bonds is 5. The van der Waals surface area contributed by atoms with Crippen molar-refractivity contribution in [2.75, 3.05) is 19.6 Å². The molecule has 0 radical (unpaired) electrons. The molecule has 1 unspecified atom stereocenters. The standard InChI is InChI=1S/C18H27N3O.2ClH/c22-18(17-9-3-4-10-19-17)20-13-15-7-1-2-8-16(15)14-21-11-5-6-12-21;;/h1-2,7-8,17,19H,3-6,9-14H2,(H,20,22);2*1H. The van der Waals surface area contributed by atoms with Gasteiger partial charge in [-0.15, -0.1) is 24.8 Å². The molecule has 4 nitrogen and oxygen atoms in total. The van der Waals surface area contributed by atoms with E-state index in [4.69, 9.17) is 0 Å². The van der Waals surface area contributed by atoms with Gasteiger partial charge < -0.3 is 10.6 Å². The summed E-state index contributed by atoms with van der Waals surface area (Å²) in [7, 11) is 0. The summed E-state index contributed by atoms with van der Waals surface area (Å²) in [5, 5.41) is 6.42. The maximum Gasteiger partial charge on any atom is 0.237 e. The van der Waals surface area contributed by atoms with E-state index in [9.17, 15) is 4.79 Å². The minimum absolute atomic E-state index is 0. The highest BCUT2D eigenvalue weighted by Crippen LogP contribution is 2.16. The Morgan fingerprint density at radius 2 is 1.79 bits per heavy atom. The summed E-state index contributed by atoms with van der Waals surface area (Å²) in [6.45, 7) is 5.01. The summed E-state index contributed by atoms with van der Waals surface area (Å²) in [6.07, 6.45) is 5.92. The maximum absolute atomic E-state index is 12.2. The van der Waals surface area contributed by atoms with E-state index in [1.165, 1.54) is 43.5 Å². The van der Waals surface area contributed by atoms with Crippen LogP contribution >= 0.6 is 24.8 Å². The Bertz CT molecular complexity index is 501. The molecule has 2 aliphatic heterocycles. The number of benzene rings is 1. The lowest BCUT2D eigenvalue weighted by Crippen LogP contribution is -2.46. The molecule has 2 fully saturated rings. The van der Waals surface area contributed by atoms with Gasteiger partial charge >= 0.3 is 0 Å². The summed E-state index contributed by atoms with van der Waals surface area (Å²) < 4.78 is 0. The highest BCUT2D eigenvalue weighted by Gasteiger charge is 2.20. The summed E-state index contributed by atoms with van der Waals surface area (Å²) in [6, 6.07) is 8.49. The van der Waals surface area contributed by atoms with Crippen molar-refractivity contribution >= 4 is 30.7 Å². The number of carbonyl (C=O) groups is 1. The molecule has 2 aliphatic rings. The number of hydrogen-bond donors (Lipinski definition) is 2. The molecule has 0 aromatic heterocycles. The van der Waals surface area contributed by atoms with E-state index in [1.807, 2.05) is 0 Å². The number of piperidine rings is 1.